The molecule has 0 saturated carbocycles. The first-order chi connectivity index (χ1) is 11.0. The molecular weight excluding hydrogens is 302 g/mol. The van der Waals surface area contributed by atoms with Crippen LogP contribution in [0.3, 0.4) is 0 Å². The van der Waals surface area contributed by atoms with E-state index in [1.807, 2.05) is 0 Å². The predicted octanol–water partition coefficient (Wildman–Crippen LogP) is 0.181. The maximum absolute atomic E-state index is 12.3. The highest BCUT2D eigenvalue weighted by molar-refractivity contribution is 6.21. The maximum Gasteiger partial charge on any atom is 0.329 e. The molecule has 1 saturated heterocycles. The summed E-state index contributed by atoms with van der Waals surface area (Å²) < 4.78 is 4.40. The van der Waals surface area contributed by atoms with E-state index >= 15 is 0 Å². The minimum Gasteiger partial charge on any atom is -0.468 e. The van der Waals surface area contributed by atoms with Crippen LogP contribution in [0, 0.1) is 0 Å². The Morgan fingerprint density at radius 1 is 1.26 bits per heavy atom. The standard InChI is InChI=1S/C15H17N3O5/c1-23-13(20)9-16-12(19)8-7-11-14(21)18(15(22)17-11)10-5-3-2-4-6-10/h2-6,11H,7-9H2,1H3,(H,16,19)(H,17,22). The lowest BCUT2D eigenvalue weighted by molar-refractivity contribution is -0.141. The Labute approximate surface area is 132 Å². The molecule has 1 heterocycles. The van der Waals surface area contributed by atoms with Crippen molar-refractivity contribution in [3.63, 3.8) is 0 Å². The molecule has 0 spiro atoms. The molecule has 8 heteroatoms. The highest BCUT2D eigenvalue weighted by atomic mass is 16.5. The number of para-hydroxylation sites is 1. The number of carbonyl (C=O) groups excluding carboxylic acids is 4. The van der Waals surface area contributed by atoms with E-state index in [1.165, 1.54) is 7.11 Å². The van der Waals surface area contributed by atoms with Crippen LogP contribution in [0.1, 0.15) is 12.8 Å². The van der Waals surface area contributed by atoms with Gasteiger partial charge >= 0.3 is 12.0 Å². The van der Waals surface area contributed by atoms with Gasteiger partial charge < -0.3 is 15.4 Å². The van der Waals surface area contributed by atoms with Gasteiger partial charge in [-0.25, -0.2) is 9.69 Å². The first kappa shape index (κ1) is 16.5. The Hall–Kier alpha value is -2.90. The van der Waals surface area contributed by atoms with Crippen molar-refractivity contribution in [2.45, 2.75) is 18.9 Å². The maximum atomic E-state index is 12.3. The number of hydrogen-bond donors (Lipinski definition) is 2. The van der Waals surface area contributed by atoms with Gasteiger partial charge in [-0.2, -0.15) is 0 Å². The zero-order valence-corrected chi connectivity index (χ0v) is 12.6. The molecule has 1 unspecified atom stereocenters. The minimum atomic E-state index is -0.758. The molecule has 1 fully saturated rings. The molecule has 1 aromatic rings. The van der Waals surface area contributed by atoms with Crippen LogP contribution < -0.4 is 15.5 Å². The second kappa shape index (κ2) is 7.39. The van der Waals surface area contributed by atoms with Crippen LogP contribution in [0.15, 0.2) is 30.3 Å². The topological polar surface area (TPSA) is 105 Å². The number of carbonyl (C=O) groups is 4. The Bertz CT molecular complexity index is 617. The Morgan fingerprint density at radius 2 is 1.96 bits per heavy atom. The summed E-state index contributed by atoms with van der Waals surface area (Å²) in [5.74, 6) is -1.35. The molecular formula is C15H17N3O5. The van der Waals surface area contributed by atoms with Gasteiger partial charge in [0.05, 0.1) is 12.8 Å². The number of hydrogen-bond acceptors (Lipinski definition) is 5. The molecule has 0 aromatic heterocycles. The fraction of sp³-hybridized carbons (Fsp3) is 0.333. The fourth-order valence-corrected chi connectivity index (χ4v) is 2.16. The zero-order valence-electron chi connectivity index (χ0n) is 12.6. The van der Waals surface area contributed by atoms with Crippen molar-refractivity contribution in [2.75, 3.05) is 18.6 Å². The average Bonchev–Trinajstić information content (AvgIpc) is 2.85. The van der Waals surface area contributed by atoms with Crippen LogP contribution in [0.4, 0.5) is 10.5 Å². The van der Waals surface area contributed by atoms with Gasteiger partial charge in [0.15, 0.2) is 0 Å². The molecule has 0 bridgehead atoms. The van der Waals surface area contributed by atoms with Crippen LogP contribution in [0.5, 0.6) is 0 Å². The monoisotopic (exact) mass is 319 g/mol. The summed E-state index contributed by atoms with van der Waals surface area (Å²) in [4.78, 5) is 47.8. The number of rotatable bonds is 6. The number of benzene rings is 1. The van der Waals surface area contributed by atoms with E-state index < -0.39 is 29.9 Å². The molecule has 4 amide bonds. The molecule has 0 radical (unpaired) electrons. The van der Waals surface area contributed by atoms with Crippen molar-refractivity contribution in [3.8, 4) is 0 Å². The number of anilines is 1. The molecule has 1 aromatic carbocycles. The number of nitrogens with zero attached hydrogens (tertiary/aromatic N) is 1. The number of nitrogens with one attached hydrogen (secondary N) is 2. The van der Waals surface area contributed by atoms with Gasteiger partial charge in [0.2, 0.25) is 5.91 Å². The molecule has 1 aliphatic rings. The fourth-order valence-electron chi connectivity index (χ4n) is 2.16. The summed E-state index contributed by atoms with van der Waals surface area (Å²) >= 11 is 0. The van der Waals surface area contributed by atoms with Gasteiger partial charge in [-0.05, 0) is 18.6 Å². The number of imide groups is 1. The molecule has 2 N–H and O–H groups in total. The van der Waals surface area contributed by atoms with Crippen molar-refractivity contribution in [2.24, 2.45) is 0 Å². The lowest BCUT2D eigenvalue weighted by Crippen LogP contribution is -2.34. The van der Waals surface area contributed by atoms with Crippen molar-refractivity contribution < 1.29 is 23.9 Å². The Morgan fingerprint density at radius 3 is 2.61 bits per heavy atom. The zero-order chi connectivity index (χ0) is 16.8. The number of urea groups is 1. The van der Waals surface area contributed by atoms with Crippen molar-refractivity contribution >= 4 is 29.5 Å². The third-order valence-electron chi connectivity index (χ3n) is 3.35. The summed E-state index contributed by atoms with van der Waals surface area (Å²) in [6.45, 7) is -0.226. The van der Waals surface area contributed by atoms with Crippen LogP contribution in [0.2, 0.25) is 0 Å². The molecule has 0 aliphatic carbocycles. The normalized spacial score (nSPS) is 16.9. The molecule has 23 heavy (non-hydrogen) atoms. The number of methoxy groups -OCH3 is 1. The van der Waals surface area contributed by atoms with Gasteiger partial charge in [0, 0.05) is 6.42 Å². The second-order valence-electron chi connectivity index (χ2n) is 4.90. The Kier molecular flexibility index (Phi) is 5.29. The minimum absolute atomic E-state index is 0.0102. The third-order valence-corrected chi connectivity index (χ3v) is 3.35. The van der Waals surface area contributed by atoms with Crippen molar-refractivity contribution in [1.29, 1.82) is 0 Å². The van der Waals surface area contributed by atoms with Crippen molar-refractivity contribution in [1.82, 2.24) is 10.6 Å². The summed E-state index contributed by atoms with van der Waals surface area (Å²) in [6.07, 6.45) is 0.164. The van der Waals surface area contributed by atoms with Crippen LogP contribution in [-0.2, 0) is 19.1 Å². The smallest absolute Gasteiger partial charge is 0.329 e. The van der Waals surface area contributed by atoms with E-state index in [9.17, 15) is 19.2 Å². The van der Waals surface area contributed by atoms with Crippen LogP contribution in [-0.4, -0.2) is 43.5 Å². The van der Waals surface area contributed by atoms with Gasteiger partial charge in [-0.1, -0.05) is 18.2 Å². The summed E-state index contributed by atoms with van der Waals surface area (Å²) in [5.41, 5.74) is 0.479. The van der Waals surface area contributed by atoms with Gasteiger partial charge in [-0.15, -0.1) is 0 Å². The molecule has 122 valence electrons. The summed E-state index contributed by atoms with van der Waals surface area (Å²) in [5, 5.41) is 4.92. The molecule has 2 rings (SSSR count). The SMILES string of the molecule is COC(=O)CNC(=O)CCC1NC(=O)N(c2ccccc2)C1=O. The predicted molar refractivity (Wildman–Crippen MR) is 80.5 cm³/mol. The quantitative estimate of drug-likeness (QED) is 0.575. The third kappa shape index (κ3) is 4.06. The van der Waals surface area contributed by atoms with E-state index in [0.29, 0.717) is 5.69 Å². The number of esters is 1. The van der Waals surface area contributed by atoms with Gasteiger partial charge in [-0.3, -0.25) is 14.4 Å². The van der Waals surface area contributed by atoms with E-state index in [1.54, 1.807) is 30.3 Å². The molecule has 1 atom stereocenters. The van der Waals surface area contributed by atoms with Crippen LogP contribution in [0.25, 0.3) is 0 Å². The van der Waals surface area contributed by atoms with E-state index in [2.05, 4.69) is 15.4 Å². The molecule has 8 nitrogen and oxygen atoms in total. The van der Waals surface area contributed by atoms with E-state index in [4.69, 9.17) is 0 Å². The highest BCUT2D eigenvalue weighted by Crippen LogP contribution is 2.20. The van der Waals surface area contributed by atoms with Gasteiger partial charge in [0.1, 0.15) is 12.6 Å². The van der Waals surface area contributed by atoms with E-state index in [-0.39, 0.29) is 19.4 Å². The molecule has 1 aliphatic heterocycles. The average molecular weight is 319 g/mol. The van der Waals surface area contributed by atoms with E-state index in [0.717, 1.165) is 4.90 Å². The summed E-state index contributed by atoms with van der Waals surface area (Å²) in [7, 11) is 1.22. The van der Waals surface area contributed by atoms with Gasteiger partial charge in [0.25, 0.3) is 5.91 Å². The first-order valence-corrected chi connectivity index (χ1v) is 7.06. The number of ether oxygens (including phenoxy) is 1. The van der Waals surface area contributed by atoms with Crippen molar-refractivity contribution in [3.05, 3.63) is 30.3 Å². The van der Waals surface area contributed by atoms with Crippen LogP contribution >= 0.6 is 0 Å². The lowest BCUT2D eigenvalue weighted by atomic mass is 10.1. The Balaban J connectivity index is 1.88. The highest BCUT2D eigenvalue weighted by Gasteiger charge is 2.38. The first-order valence-electron chi connectivity index (χ1n) is 7.06. The summed E-state index contributed by atoms with van der Waals surface area (Å²) in [6, 6.07) is 7.27. The second-order valence-corrected chi connectivity index (χ2v) is 4.90. The number of amides is 4. The lowest BCUT2D eigenvalue weighted by Gasteiger charge is -2.12. The largest absolute Gasteiger partial charge is 0.468 e.